The lowest BCUT2D eigenvalue weighted by atomic mass is 9.99. The molecule has 1 aromatic heterocycles. The molecule has 5 rings (SSSR count). The maximum atomic E-state index is 12.3. The molecule has 0 bridgehead atoms. The molecular weight excluding hydrogens is 614 g/mol. The van der Waals surface area contributed by atoms with Gasteiger partial charge in [-0.1, -0.05) is 91.3 Å². The van der Waals surface area contributed by atoms with Gasteiger partial charge < -0.3 is 25.0 Å². The molecule has 3 atom stereocenters. The fraction of sp³-hybridized carbons (Fsp3) is 0.351. The van der Waals surface area contributed by atoms with Crippen LogP contribution < -0.4 is 5.32 Å². The number of carbonyl (C=O) groups excluding carboxylic acids is 1. The number of nitrogens with one attached hydrogen (secondary N) is 1. The molecule has 3 N–H and O–H groups in total. The Balaban J connectivity index is 1.19. The summed E-state index contributed by atoms with van der Waals surface area (Å²) in [6.45, 7) is 0.443. The predicted molar refractivity (Wildman–Crippen MR) is 180 cm³/mol. The highest BCUT2D eigenvalue weighted by Crippen LogP contribution is 2.39. The molecule has 1 amide bonds. The first kappa shape index (κ1) is 34.3. The van der Waals surface area contributed by atoms with Crippen LogP contribution in [0.5, 0.6) is 0 Å². The number of aromatic nitrogens is 2. The number of amides is 1. The van der Waals surface area contributed by atoms with Crippen molar-refractivity contribution in [2.75, 3.05) is 5.75 Å². The molecule has 4 aromatic rings. The third-order valence-electron chi connectivity index (χ3n) is 8.03. The Morgan fingerprint density at radius 1 is 0.809 bits per heavy atom. The summed E-state index contributed by atoms with van der Waals surface area (Å²) in [5, 5.41) is 21.9. The number of benzene rings is 3. The number of carbonyl (C=O) groups is 2. The minimum Gasteiger partial charge on any atom is -0.481 e. The van der Waals surface area contributed by atoms with E-state index in [1.54, 1.807) is 30.2 Å². The van der Waals surface area contributed by atoms with Crippen molar-refractivity contribution in [1.29, 1.82) is 0 Å². The number of aliphatic carboxylic acids is 1. The lowest BCUT2D eigenvalue weighted by Crippen LogP contribution is -2.31. The first-order valence-electron chi connectivity index (χ1n) is 16.0. The standard InChI is InChI=1S/C37H41N3O6S/c41-24-26-11-13-29(14-12-26)33-22-32(25-47-37-38-19-6-20-39-37)45-36(46-33)30-17-15-28(16-18-30)31-8-5-7-27(21-31)23-40-34(42)9-3-1-2-4-10-35(43)44/h5-8,11-21,32-33,36,41H,1-4,9-10,22-25H2,(H,40,42)(H,43,44). The van der Waals surface area contributed by atoms with E-state index in [1.807, 2.05) is 48.5 Å². The number of nitrogens with zero attached hydrogens (tertiary/aromatic N) is 2. The maximum Gasteiger partial charge on any atom is 0.303 e. The van der Waals surface area contributed by atoms with E-state index in [-0.39, 0.29) is 31.1 Å². The van der Waals surface area contributed by atoms with E-state index < -0.39 is 12.3 Å². The highest BCUT2D eigenvalue weighted by Gasteiger charge is 2.32. The molecule has 9 nitrogen and oxygen atoms in total. The van der Waals surface area contributed by atoms with Gasteiger partial charge >= 0.3 is 5.97 Å². The number of hydrogen-bond donors (Lipinski definition) is 3. The van der Waals surface area contributed by atoms with Gasteiger partial charge in [0.25, 0.3) is 0 Å². The Morgan fingerprint density at radius 3 is 2.26 bits per heavy atom. The van der Waals surface area contributed by atoms with Gasteiger partial charge in [0.15, 0.2) is 11.4 Å². The van der Waals surface area contributed by atoms with Crippen molar-refractivity contribution in [3.8, 4) is 11.1 Å². The molecule has 1 aliphatic rings. The fourth-order valence-corrected chi connectivity index (χ4v) is 6.27. The van der Waals surface area contributed by atoms with Crippen LogP contribution in [0.25, 0.3) is 11.1 Å². The smallest absolute Gasteiger partial charge is 0.303 e. The zero-order chi connectivity index (χ0) is 32.8. The summed E-state index contributed by atoms with van der Waals surface area (Å²) in [4.78, 5) is 31.6. The van der Waals surface area contributed by atoms with Gasteiger partial charge in [-0.3, -0.25) is 9.59 Å². The maximum absolute atomic E-state index is 12.3. The molecular formula is C37H41N3O6S. The number of aliphatic hydroxyl groups excluding tert-OH is 1. The largest absolute Gasteiger partial charge is 0.481 e. The highest BCUT2D eigenvalue weighted by molar-refractivity contribution is 7.99. The van der Waals surface area contributed by atoms with Gasteiger partial charge in [-0.05, 0) is 52.8 Å². The number of thioether (sulfide) groups is 1. The molecule has 0 saturated carbocycles. The normalized spacial score (nSPS) is 17.7. The van der Waals surface area contributed by atoms with Gasteiger partial charge in [0.2, 0.25) is 5.91 Å². The third-order valence-corrected chi connectivity index (χ3v) is 9.04. The van der Waals surface area contributed by atoms with Crippen molar-refractivity contribution in [2.24, 2.45) is 0 Å². The zero-order valence-electron chi connectivity index (χ0n) is 26.3. The summed E-state index contributed by atoms with van der Waals surface area (Å²) in [7, 11) is 0. The van der Waals surface area contributed by atoms with Crippen LogP contribution in [0.15, 0.2) is 96.4 Å². The van der Waals surface area contributed by atoms with E-state index in [1.165, 1.54) is 0 Å². The van der Waals surface area contributed by atoms with Crippen LogP contribution in [0.4, 0.5) is 0 Å². The van der Waals surface area contributed by atoms with Crippen LogP contribution in [-0.2, 0) is 32.2 Å². The van der Waals surface area contributed by atoms with Crippen LogP contribution >= 0.6 is 11.8 Å². The SMILES string of the molecule is O=C(O)CCCCCCC(=O)NCc1cccc(-c2ccc(C3OC(CSc4ncccn4)CC(c4ccc(CO)cc4)O3)cc2)c1. The van der Waals surface area contributed by atoms with E-state index in [0.29, 0.717) is 36.7 Å². The Hall–Kier alpha value is -4.09. The van der Waals surface area contributed by atoms with Crippen molar-refractivity contribution in [3.63, 3.8) is 0 Å². The van der Waals surface area contributed by atoms with E-state index in [0.717, 1.165) is 52.6 Å². The summed E-state index contributed by atoms with van der Waals surface area (Å²) in [5.74, 6) is -0.0902. The number of carboxylic acids is 1. The van der Waals surface area contributed by atoms with E-state index in [2.05, 4.69) is 39.6 Å². The predicted octanol–water partition coefficient (Wildman–Crippen LogP) is 7.02. The van der Waals surface area contributed by atoms with Gasteiger partial charge in [0, 0.05) is 49.5 Å². The molecule has 47 heavy (non-hydrogen) atoms. The summed E-state index contributed by atoms with van der Waals surface area (Å²) in [5.41, 5.74) is 5.92. The van der Waals surface area contributed by atoms with E-state index in [4.69, 9.17) is 14.6 Å². The quantitative estimate of drug-likeness (QED) is 0.0662. The highest BCUT2D eigenvalue weighted by atomic mass is 32.2. The monoisotopic (exact) mass is 655 g/mol. The molecule has 3 aromatic carbocycles. The molecule has 0 aliphatic carbocycles. The molecule has 2 heterocycles. The Morgan fingerprint density at radius 2 is 1.53 bits per heavy atom. The Labute approximate surface area is 279 Å². The number of ether oxygens (including phenoxy) is 2. The lowest BCUT2D eigenvalue weighted by molar-refractivity contribution is -0.245. The van der Waals surface area contributed by atoms with Crippen molar-refractivity contribution >= 4 is 23.6 Å². The van der Waals surface area contributed by atoms with Crippen molar-refractivity contribution < 1.29 is 29.3 Å². The molecule has 1 saturated heterocycles. The number of aliphatic hydroxyl groups is 1. The molecule has 0 spiro atoms. The summed E-state index contributed by atoms with van der Waals surface area (Å²) < 4.78 is 13.0. The number of hydrogen-bond acceptors (Lipinski definition) is 8. The second kappa shape index (κ2) is 17.7. The van der Waals surface area contributed by atoms with Gasteiger partial charge in [-0.25, -0.2) is 9.97 Å². The molecule has 10 heteroatoms. The summed E-state index contributed by atoms with van der Waals surface area (Å²) in [6, 6.07) is 26.0. The number of carboxylic acid groups (broad SMARTS) is 1. The Bertz CT molecular complexity index is 1570. The van der Waals surface area contributed by atoms with Gasteiger partial charge in [-0.15, -0.1) is 0 Å². The summed E-state index contributed by atoms with van der Waals surface area (Å²) in [6.07, 6.45) is 7.03. The fourth-order valence-electron chi connectivity index (χ4n) is 5.45. The van der Waals surface area contributed by atoms with Crippen LogP contribution in [0.2, 0.25) is 0 Å². The van der Waals surface area contributed by atoms with Crippen LogP contribution in [0.1, 0.15) is 79.6 Å². The van der Waals surface area contributed by atoms with Gasteiger partial charge in [0.05, 0.1) is 18.8 Å². The molecule has 3 unspecified atom stereocenters. The average molecular weight is 656 g/mol. The van der Waals surface area contributed by atoms with Crippen molar-refractivity contribution in [1.82, 2.24) is 15.3 Å². The number of rotatable bonds is 16. The third kappa shape index (κ3) is 10.7. The molecule has 1 aliphatic heterocycles. The van der Waals surface area contributed by atoms with Crippen LogP contribution in [0, 0.1) is 0 Å². The lowest BCUT2D eigenvalue weighted by Gasteiger charge is -2.36. The van der Waals surface area contributed by atoms with Gasteiger partial charge in [0.1, 0.15) is 0 Å². The minimum atomic E-state index is -0.775. The van der Waals surface area contributed by atoms with Gasteiger partial charge in [-0.2, -0.15) is 0 Å². The van der Waals surface area contributed by atoms with Crippen LogP contribution in [-0.4, -0.2) is 43.9 Å². The second-order valence-electron chi connectivity index (χ2n) is 11.6. The van der Waals surface area contributed by atoms with E-state index in [9.17, 15) is 14.7 Å². The second-order valence-corrected chi connectivity index (χ2v) is 12.6. The van der Waals surface area contributed by atoms with Crippen molar-refractivity contribution in [3.05, 3.63) is 114 Å². The van der Waals surface area contributed by atoms with E-state index >= 15 is 0 Å². The average Bonchev–Trinajstić information content (AvgIpc) is 3.11. The Kier molecular flexibility index (Phi) is 12.9. The molecule has 0 radical (unpaired) electrons. The summed E-state index contributed by atoms with van der Waals surface area (Å²) >= 11 is 1.56. The number of unbranched alkanes of at least 4 members (excludes halogenated alkanes) is 3. The topological polar surface area (TPSA) is 131 Å². The molecule has 1 fully saturated rings. The van der Waals surface area contributed by atoms with Crippen molar-refractivity contribution in [2.45, 2.75) is 81.8 Å². The first-order chi connectivity index (χ1) is 23.0. The minimum absolute atomic E-state index is 0.00103. The molecule has 246 valence electrons. The zero-order valence-corrected chi connectivity index (χ0v) is 27.1. The first-order valence-corrected chi connectivity index (χ1v) is 17.0. The van der Waals surface area contributed by atoms with Crippen LogP contribution in [0.3, 0.4) is 0 Å².